The molecule has 3 aromatic carbocycles. The molecule has 6 nitrogen and oxygen atoms in total. The molecule has 1 aliphatic heterocycles. The van der Waals surface area contributed by atoms with E-state index in [9.17, 15) is 13.2 Å². The van der Waals surface area contributed by atoms with Crippen molar-refractivity contribution in [2.75, 3.05) is 19.7 Å². The predicted molar refractivity (Wildman–Crippen MR) is 132 cm³/mol. The van der Waals surface area contributed by atoms with Gasteiger partial charge in [0.1, 0.15) is 5.75 Å². The summed E-state index contributed by atoms with van der Waals surface area (Å²) < 4.78 is 32.9. The highest BCUT2D eigenvalue weighted by Crippen LogP contribution is 2.30. The van der Waals surface area contributed by atoms with Crippen LogP contribution in [0.2, 0.25) is 5.02 Å². The number of carbonyl (C=O) groups excluding carboxylic acids is 1. The van der Waals surface area contributed by atoms with Gasteiger partial charge in [-0.25, -0.2) is 8.42 Å². The van der Waals surface area contributed by atoms with Crippen LogP contribution < -0.4 is 10.1 Å². The monoisotopic (exact) mass is 498 g/mol. The second kappa shape index (κ2) is 11.0. The molecule has 3 aromatic rings. The Balaban J connectivity index is 1.43. The highest BCUT2D eigenvalue weighted by molar-refractivity contribution is 7.89. The lowest BCUT2D eigenvalue weighted by Gasteiger charge is -2.26. The highest BCUT2D eigenvalue weighted by atomic mass is 35.5. The van der Waals surface area contributed by atoms with E-state index in [4.69, 9.17) is 16.3 Å². The Morgan fingerprint density at radius 1 is 0.912 bits per heavy atom. The lowest BCUT2D eigenvalue weighted by molar-refractivity contribution is -0.123. The normalized spacial score (nSPS) is 14.6. The Labute approximate surface area is 205 Å². The number of benzene rings is 3. The topological polar surface area (TPSA) is 75.7 Å². The molecule has 1 amide bonds. The minimum Gasteiger partial charge on any atom is -0.482 e. The van der Waals surface area contributed by atoms with Gasteiger partial charge >= 0.3 is 0 Å². The van der Waals surface area contributed by atoms with Crippen molar-refractivity contribution in [1.82, 2.24) is 9.62 Å². The fourth-order valence-corrected chi connectivity index (χ4v) is 5.85. The average molecular weight is 499 g/mol. The molecule has 0 aromatic heterocycles. The lowest BCUT2D eigenvalue weighted by Crippen LogP contribution is -2.35. The van der Waals surface area contributed by atoms with Crippen LogP contribution in [0.4, 0.5) is 0 Å². The Morgan fingerprint density at radius 2 is 1.50 bits per heavy atom. The first-order chi connectivity index (χ1) is 16.4. The van der Waals surface area contributed by atoms with E-state index >= 15 is 0 Å². The van der Waals surface area contributed by atoms with Crippen molar-refractivity contribution in [2.24, 2.45) is 0 Å². The SMILES string of the molecule is O=C(COc1ccc(S(=O)(=O)N2CCCCC2)cc1Cl)NC(c1ccccc1)c1ccccc1. The average Bonchev–Trinajstić information content (AvgIpc) is 2.88. The molecule has 0 saturated carbocycles. The third kappa shape index (κ3) is 5.78. The molecule has 0 bridgehead atoms. The van der Waals surface area contributed by atoms with Crippen LogP contribution in [0.15, 0.2) is 83.8 Å². The Hall–Kier alpha value is -2.87. The van der Waals surface area contributed by atoms with Crippen LogP contribution in [0.5, 0.6) is 5.75 Å². The first-order valence-corrected chi connectivity index (χ1v) is 13.1. The summed E-state index contributed by atoms with van der Waals surface area (Å²) in [5.74, 6) is -0.0656. The van der Waals surface area contributed by atoms with Crippen LogP contribution in [-0.4, -0.2) is 38.3 Å². The Morgan fingerprint density at radius 3 is 2.06 bits per heavy atom. The molecule has 4 rings (SSSR count). The number of nitrogens with one attached hydrogen (secondary N) is 1. The molecule has 0 atom stereocenters. The summed E-state index contributed by atoms with van der Waals surface area (Å²) in [6.07, 6.45) is 2.75. The van der Waals surface area contributed by atoms with Gasteiger partial charge in [-0.15, -0.1) is 0 Å². The zero-order valence-electron chi connectivity index (χ0n) is 18.7. The minimum atomic E-state index is -3.60. The fourth-order valence-electron chi connectivity index (χ4n) is 4.01. The van der Waals surface area contributed by atoms with E-state index in [1.54, 1.807) is 0 Å². The molecule has 0 spiro atoms. The summed E-state index contributed by atoms with van der Waals surface area (Å²) in [4.78, 5) is 12.9. The molecule has 1 fully saturated rings. The summed E-state index contributed by atoms with van der Waals surface area (Å²) in [6.45, 7) is 0.777. The molecular weight excluding hydrogens is 472 g/mol. The quantitative estimate of drug-likeness (QED) is 0.484. The number of halogens is 1. The number of piperidine rings is 1. The van der Waals surface area contributed by atoms with Crippen molar-refractivity contribution < 1.29 is 17.9 Å². The number of sulfonamides is 1. The van der Waals surface area contributed by atoms with Gasteiger partial charge in [0.2, 0.25) is 10.0 Å². The van der Waals surface area contributed by atoms with Crippen molar-refractivity contribution in [1.29, 1.82) is 0 Å². The number of hydrogen-bond donors (Lipinski definition) is 1. The van der Waals surface area contributed by atoms with Crippen molar-refractivity contribution in [2.45, 2.75) is 30.2 Å². The maximum absolute atomic E-state index is 12.9. The van der Waals surface area contributed by atoms with Gasteiger partial charge in [0, 0.05) is 13.1 Å². The number of ether oxygens (including phenoxy) is 1. The highest BCUT2D eigenvalue weighted by Gasteiger charge is 2.26. The van der Waals surface area contributed by atoms with E-state index < -0.39 is 10.0 Å². The molecular formula is C26H27ClN2O4S. The van der Waals surface area contributed by atoms with Crippen molar-refractivity contribution in [3.8, 4) is 5.75 Å². The van der Waals surface area contributed by atoms with Crippen molar-refractivity contribution >= 4 is 27.5 Å². The summed E-state index contributed by atoms with van der Waals surface area (Å²) in [7, 11) is -3.60. The van der Waals surface area contributed by atoms with Gasteiger partial charge in [0.25, 0.3) is 5.91 Å². The molecule has 1 N–H and O–H groups in total. The van der Waals surface area contributed by atoms with E-state index in [-0.39, 0.29) is 34.2 Å². The van der Waals surface area contributed by atoms with Gasteiger partial charge in [0.15, 0.2) is 6.61 Å². The Kier molecular flexibility index (Phi) is 7.88. The second-order valence-corrected chi connectivity index (χ2v) is 10.5. The van der Waals surface area contributed by atoms with Gasteiger partial charge < -0.3 is 10.1 Å². The number of rotatable bonds is 8. The molecule has 1 saturated heterocycles. The molecule has 0 radical (unpaired) electrons. The van der Waals surface area contributed by atoms with Crippen LogP contribution >= 0.6 is 11.6 Å². The third-order valence-corrected chi connectivity index (χ3v) is 7.98. The van der Waals surface area contributed by atoms with Gasteiger partial charge in [-0.3, -0.25) is 4.79 Å². The number of nitrogens with zero attached hydrogens (tertiary/aromatic N) is 1. The number of carbonyl (C=O) groups is 1. The Bertz CT molecular complexity index is 1170. The first-order valence-electron chi connectivity index (χ1n) is 11.3. The van der Waals surface area contributed by atoms with Gasteiger partial charge in [-0.05, 0) is 42.2 Å². The molecule has 0 unspecified atom stereocenters. The van der Waals surface area contributed by atoms with E-state index in [0.717, 1.165) is 30.4 Å². The standard InChI is InChI=1S/C26H27ClN2O4S/c27-23-18-22(34(31,32)29-16-8-3-9-17-29)14-15-24(23)33-19-25(30)28-26(20-10-4-1-5-11-20)21-12-6-2-7-13-21/h1-2,4-7,10-15,18,26H,3,8-9,16-17,19H2,(H,28,30). The van der Waals surface area contributed by atoms with Crippen molar-refractivity contribution in [3.63, 3.8) is 0 Å². The van der Waals surface area contributed by atoms with Gasteiger partial charge in [0.05, 0.1) is 16.0 Å². The van der Waals surface area contributed by atoms with Crippen LogP contribution in [-0.2, 0) is 14.8 Å². The smallest absolute Gasteiger partial charge is 0.258 e. The number of amides is 1. The minimum absolute atomic E-state index is 0.129. The molecule has 0 aliphatic carbocycles. The predicted octanol–water partition coefficient (Wildman–Crippen LogP) is 4.80. The fraction of sp³-hybridized carbons (Fsp3) is 0.269. The summed E-state index contributed by atoms with van der Waals surface area (Å²) in [6, 6.07) is 23.4. The van der Waals surface area contributed by atoms with E-state index in [2.05, 4.69) is 5.32 Å². The molecule has 34 heavy (non-hydrogen) atoms. The van der Waals surface area contributed by atoms with Crippen LogP contribution in [0.25, 0.3) is 0 Å². The molecule has 1 heterocycles. The van der Waals surface area contributed by atoms with E-state index in [0.29, 0.717) is 13.1 Å². The van der Waals surface area contributed by atoms with Crippen molar-refractivity contribution in [3.05, 3.63) is 95.0 Å². The first kappa shape index (κ1) is 24.3. The third-order valence-electron chi connectivity index (χ3n) is 5.79. The molecule has 8 heteroatoms. The summed E-state index contributed by atoms with van der Waals surface area (Å²) in [5, 5.41) is 3.16. The summed E-state index contributed by atoms with van der Waals surface area (Å²) >= 11 is 6.32. The van der Waals surface area contributed by atoms with Gasteiger partial charge in [-0.1, -0.05) is 78.7 Å². The molecule has 178 valence electrons. The number of hydrogen-bond acceptors (Lipinski definition) is 4. The lowest BCUT2D eigenvalue weighted by atomic mass is 9.99. The van der Waals surface area contributed by atoms with Crippen LogP contribution in [0.3, 0.4) is 0 Å². The maximum Gasteiger partial charge on any atom is 0.258 e. The summed E-state index contributed by atoms with van der Waals surface area (Å²) in [5.41, 5.74) is 1.90. The van der Waals surface area contributed by atoms with E-state index in [1.807, 2.05) is 60.7 Å². The zero-order valence-corrected chi connectivity index (χ0v) is 20.3. The van der Waals surface area contributed by atoms with Crippen LogP contribution in [0, 0.1) is 0 Å². The molecule has 1 aliphatic rings. The second-order valence-electron chi connectivity index (χ2n) is 8.17. The largest absolute Gasteiger partial charge is 0.482 e. The van der Waals surface area contributed by atoms with E-state index in [1.165, 1.54) is 22.5 Å². The van der Waals surface area contributed by atoms with Crippen LogP contribution in [0.1, 0.15) is 36.4 Å². The van der Waals surface area contributed by atoms with Gasteiger partial charge in [-0.2, -0.15) is 4.31 Å². The zero-order chi connectivity index (χ0) is 24.0. The maximum atomic E-state index is 12.9.